The second-order valence-corrected chi connectivity index (χ2v) is 10.4. The molecule has 5 nitrogen and oxygen atoms in total. The molecule has 2 aliphatic rings. The molecular formula is C17H16BrNO4S2. The molecule has 0 aliphatic carbocycles. The fraction of sp³-hybridized carbons (Fsp3) is 0.353. The number of fused-ring (bicyclic) bond motifs is 1. The fourth-order valence-electron chi connectivity index (χ4n) is 3.42. The third kappa shape index (κ3) is 3.05. The molecule has 0 amide bonds. The number of ether oxygens (including phenoxy) is 1. The van der Waals surface area contributed by atoms with Gasteiger partial charge in [-0.05, 0) is 29.6 Å². The van der Waals surface area contributed by atoms with Crippen LogP contribution in [0.4, 0.5) is 0 Å². The van der Waals surface area contributed by atoms with E-state index < -0.39 is 15.6 Å². The number of hydrogen-bond donors (Lipinski definition) is 0. The van der Waals surface area contributed by atoms with Crippen LogP contribution in [0.5, 0.6) is 5.75 Å². The van der Waals surface area contributed by atoms with Crippen molar-refractivity contribution in [2.24, 2.45) is 0 Å². The summed E-state index contributed by atoms with van der Waals surface area (Å²) in [4.78, 5) is 12.5. The lowest BCUT2D eigenvalue weighted by Crippen LogP contribution is -2.52. The van der Waals surface area contributed by atoms with Crippen LogP contribution in [0.2, 0.25) is 0 Å². The van der Waals surface area contributed by atoms with Crippen LogP contribution in [-0.4, -0.2) is 37.2 Å². The number of hydrogen-bond acceptors (Lipinski definition) is 5. The lowest BCUT2D eigenvalue weighted by atomic mass is 9.83. The van der Waals surface area contributed by atoms with Crippen LogP contribution in [0, 0.1) is 0 Å². The summed E-state index contributed by atoms with van der Waals surface area (Å²) in [5.74, 6) is 0.645. The number of carbonyl (C=O) groups is 1. The zero-order valence-electron chi connectivity index (χ0n) is 13.3. The van der Waals surface area contributed by atoms with E-state index in [4.69, 9.17) is 4.74 Å². The van der Waals surface area contributed by atoms with Gasteiger partial charge in [-0.15, -0.1) is 11.3 Å². The first kappa shape index (κ1) is 17.2. The Morgan fingerprint density at radius 3 is 2.64 bits per heavy atom. The highest BCUT2D eigenvalue weighted by Gasteiger charge is 2.45. The molecule has 132 valence electrons. The van der Waals surface area contributed by atoms with Crippen molar-refractivity contribution >= 4 is 43.1 Å². The average molecular weight is 442 g/mol. The number of thiophene rings is 1. The summed E-state index contributed by atoms with van der Waals surface area (Å²) in [5.41, 5.74) is -0.00650. The van der Waals surface area contributed by atoms with Crippen molar-refractivity contribution in [3.05, 3.63) is 45.7 Å². The summed E-state index contributed by atoms with van der Waals surface area (Å²) in [6, 6.07) is 8.79. The Morgan fingerprint density at radius 1 is 1.20 bits per heavy atom. The highest BCUT2D eigenvalue weighted by molar-refractivity contribution is 9.10. The van der Waals surface area contributed by atoms with Crippen LogP contribution in [0.3, 0.4) is 0 Å². The number of ketones is 1. The second kappa shape index (κ2) is 6.19. The van der Waals surface area contributed by atoms with Crippen molar-refractivity contribution in [1.29, 1.82) is 0 Å². The molecule has 2 aliphatic heterocycles. The molecule has 0 radical (unpaired) electrons. The smallest absolute Gasteiger partial charge is 0.252 e. The van der Waals surface area contributed by atoms with Crippen molar-refractivity contribution in [3.8, 4) is 5.75 Å². The van der Waals surface area contributed by atoms with E-state index in [-0.39, 0.29) is 5.78 Å². The zero-order valence-corrected chi connectivity index (χ0v) is 16.5. The molecule has 0 atom stereocenters. The summed E-state index contributed by atoms with van der Waals surface area (Å²) >= 11 is 4.60. The standard InChI is InChI=1S/C17H16BrNO4S2/c18-12-3-4-15-13(10-12)14(20)11-17(23-15)5-7-19(8-6-17)25(21,22)16-2-1-9-24-16/h1-4,9-10H,5-8,11H2. The first-order valence-corrected chi connectivity index (χ1v) is 11.1. The zero-order chi connectivity index (χ0) is 17.7. The Labute approximate surface area is 158 Å². The van der Waals surface area contributed by atoms with Crippen molar-refractivity contribution in [2.75, 3.05) is 13.1 Å². The summed E-state index contributed by atoms with van der Waals surface area (Å²) in [7, 11) is -3.45. The maximum atomic E-state index is 12.6. The summed E-state index contributed by atoms with van der Waals surface area (Å²) in [6.07, 6.45) is 1.32. The van der Waals surface area contributed by atoms with Crippen LogP contribution in [-0.2, 0) is 10.0 Å². The predicted octanol–water partition coefficient (Wildman–Crippen LogP) is 3.70. The Morgan fingerprint density at radius 2 is 1.96 bits per heavy atom. The lowest BCUT2D eigenvalue weighted by molar-refractivity contribution is 0.00592. The van der Waals surface area contributed by atoms with Crippen LogP contribution in [0.15, 0.2) is 44.4 Å². The molecule has 1 aromatic heterocycles. The number of halogens is 1. The molecule has 0 N–H and O–H groups in total. The molecule has 1 saturated heterocycles. The number of sulfonamides is 1. The maximum Gasteiger partial charge on any atom is 0.252 e. The van der Waals surface area contributed by atoms with Gasteiger partial charge in [0.15, 0.2) is 5.78 Å². The van der Waals surface area contributed by atoms with E-state index in [2.05, 4.69) is 15.9 Å². The molecule has 0 unspecified atom stereocenters. The van der Waals surface area contributed by atoms with Gasteiger partial charge in [0.1, 0.15) is 15.6 Å². The van der Waals surface area contributed by atoms with Crippen LogP contribution >= 0.6 is 27.3 Å². The first-order chi connectivity index (χ1) is 11.9. The number of benzene rings is 1. The molecule has 1 aromatic carbocycles. The van der Waals surface area contributed by atoms with Gasteiger partial charge >= 0.3 is 0 Å². The molecule has 4 rings (SSSR count). The van der Waals surface area contributed by atoms with E-state index in [9.17, 15) is 13.2 Å². The number of carbonyl (C=O) groups excluding carboxylic acids is 1. The predicted molar refractivity (Wildman–Crippen MR) is 98.8 cm³/mol. The molecule has 1 spiro atoms. The van der Waals surface area contributed by atoms with Gasteiger partial charge in [0.05, 0.1) is 12.0 Å². The van der Waals surface area contributed by atoms with E-state index in [1.165, 1.54) is 15.6 Å². The van der Waals surface area contributed by atoms with E-state index in [1.807, 2.05) is 6.07 Å². The minimum absolute atomic E-state index is 0.0529. The Bertz CT molecular complexity index is 916. The van der Waals surface area contributed by atoms with Gasteiger partial charge in [0.2, 0.25) is 0 Å². The minimum Gasteiger partial charge on any atom is -0.486 e. The average Bonchev–Trinajstić information content (AvgIpc) is 3.12. The van der Waals surface area contributed by atoms with Gasteiger partial charge in [-0.1, -0.05) is 22.0 Å². The molecule has 0 saturated carbocycles. The lowest BCUT2D eigenvalue weighted by Gasteiger charge is -2.43. The molecule has 0 bridgehead atoms. The van der Waals surface area contributed by atoms with Crippen molar-refractivity contribution in [3.63, 3.8) is 0 Å². The van der Waals surface area contributed by atoms with Gasteiger partial charge < -0.3 is 4.74 Å². The Balaban J connectivity index is 1.54. The largest absolute Gasteiger partial charge is 0.486 e. The summed E-state index contributed by atoms with van der Waals surface area (Å²) < 4.78 is 34.2. The van der Waals surface area contributed by atoms with Crippen molar-refractivity contribution in [2.45, 2.75) is 29.1 Å². The van der Waals surface area contributed by atoms with E-state index in [0.29, 0.717) is 47.9 Å². The minimum atomic E-state index is -3.45. The Hall–Kier alpha value is -1.22. The van der Waals surface area contributed by atoms with E-state index in [0.717, 1.165) is 4.47 Å². The van der Waals surface area contributed by atoms with Gasteiger partial charge in [-0.2, -0.15) is 4.31 Å². The monoisotopic (exact) mass is 441 g/mol. The first-order valence-electron chi connectivity index (χ1n) is 7.95. The van der Waals surface area contributed by atoms with Gasteiger partial charge in [-0.3, -0.25) is 4.79 Å². The van der Waals surface area contributed by atoms with Crippen molar-refractivity contribution < 1.29 is 17.9 Å². The third-order valence-electron chi connectivity index (χ3n) is 4.77. The normalized spacial score (nSPS) is 20.3. The molecule has 25 heavy (non-hydrogen) atoms. The topological polar surface area (TPSA) is 63.7 Å². The molecular weight excluding hydrogens is 426 g/mol. The van der Waals surface area contributed by atoms with E-state index >= 15 is 0 Å². The number of piperidine rings is 1. The van der Waals surface area contributed by atoms with E-state index in [1.54, 1.807) is 29.6 Å². The second-order valence-electron chi connectivity index (χ2n) is 6.36. The van der Waals surface area contributed by atoms with Crippen LogP contribution in [0.25, 0.3) is 0 Å². The number of rotatable bonds is 2. The highest BCUT2D eigenvalue weighted by atomic mass is 79.9. The fourth-order valence-corrected chi connectivity index (χ4v) is 6.36. The van der Waals surface area contributed by atoms with Crippen LogP contribution in [0.1, 0.15) is 29.6 Å². The third-order valence-corrected chi connectivity index (χ3v) is 8.54. The molecule has 8 heteroatoms. The number of Topliss-reactive ketones (excluding diaryl/α,β-unsaturated/α-hetero) is 1. The molecule has 3 heterocycles. The van der Waals surface area contributed by atoms with Crippen LogP contribution < -0.4 is 4.74 Å². The summed E-state index contributed by atoms with van der Waals surface area (Å²) in [6.45, 7) is 0.721. The van der Waals surface area contributed by atoms with Gasteiger partial charge in [0, 0.05) is 30.4 Å². The molecule has 1 fully saturated rings. The molecule has 2 aromatic rings. The van der Waals surface area contributed by atoms with Crippen molar-refractivity contribution in [1.82, 2.24) is 4.31 Å². The SMILES string of the molecule is O=C1CC2(CCN(S(=O)(=O)c3cccs3)CC2)Oc2ccc(Br)cc21. The maximum absolute atomic E-state index is 12.6. The highest BCUT2D eigenvalue weighted by Crippen LogP contribution is 2.41. The summed E-state index contributed by atoms with van der Waals surface area (Å²) in [5, 5.41) is 1.76. The quantitative estimate of drug-likeness (QED) is 0.712. The number of nitrogens with zero attached hydrogens (tertiary/aromatic N) is 1. The van der Waals surface area contributed by atoms with Gasteiger partial charge in [0.25, 0.3) is 10.0 Å². The Kier molecular flexibility index (Phi) is 4.26. The van der Waals surface area contributed by atoms with Gasteiger partial charge in [-0.25, -0.2) is 8.42 Å².